The summed E-state index contributed by atoms with van der Waals surface area (Å²) in [6.45, 7) is 0. The van der Waals surface area contributed by atoms with E-state index in [2.05, 4.69) is 44.7 Å². The molecule has 0 fully saturated rings. The number of hydrogen-bond acceptors (Lipinski definition) is 4. The molecule has 2 nitrogen and oxygen atoms in total. The van der Waals surface area contributed by atoms with Crippen LogP contribution in [0.4, 0.5) is 15.8 Å². The first-order chi connectivity index (χ1) is 6.27. The van der Waals surface area contributed by atoms with Crippen molar-refractivity contribution >= 4 is 46.1 Å². The SMILES string of the molecule is Fc1cc(N=C=S)ccc1N=C=S. The summed E-state index contributed by atoms with van der Waals surface area (Å²) in [4.78, 5) is 7.11. The van der Waals surface area contributed by atoms with Crippen molar-refractivity contribution in [2.75, 3.05) is 0 Å². The molecule has 0 radical (unpaired) electrons. The minimum Gasteiger partial charge on any atom is -0.205 e. The lowest BCUT2D eigenvalue weighted by Gasteiger charge is -1.94. The molecule has 0 saturated heterocycles. The van der Waals surface area contributed by atoms with Gasteiger partial charge in [-0.15, -0.1) is 0 Å². The zero-order valence-corrected chi connectivity index (χ0v) is 7.95. The Hall–Kier alpha value is -1.25. The number of nitrogens with zero attached hydrogens (tertiary/aromatic N) is 2. The molecule has 1 aromatic carbocycles. The number of halogens is 1. The van der Waals surface area contributed by atoms with Gasteiger partial charge >= 0.3 is 0 Å². The number of aliphatic imine (C=N–C) groups is 2. The Morgan fingerprint density at radius 1 is 1.15 bits per heavy atom. The summed E-state index contributed by atoms with van der Waals surface area (Å²) in [7, 11) is 0. The van der Waals surface area contributed by atoms with Gasteiger partial charge in [-0.25, -0.2) is 4.39 Å². The Morgan fingerprint density at radius 2 is 1.85 bits per heavy atom. The fourth-order valence-electron chi connectivity index (χ4n) is 0.758. The molecule has 0 amide bonds. The number of thiocarbonyl (C=S) groups is 2. The van der Waals surface area contributed by atoms with Crippen molar-refractivity contribution in [3.8, 4) is 0 Å². The Bertz CT molecular complexity index is 418. The average Bonchev–Trinajstić information content (AvgIpc) is 2.10. The van der Waals surface area contributed by atoms with E-state index in [9.17, 15) is 4.39 Å². The van der Waals surface area contributed by atoms with Gasteiger partial charge in [0.1, 0.15) is 5.69 Å². The third-order valence-electron chi connectivity index (χ3n) is 1.27. The van der Waals surface area contributed by atoms with E-state index in [4.69, 9.17) is 0 Å². The van der Waals surface area contributed by atoms with Gasteiger partial charge in [0, 0.05) is 6.07 Å². The molecule has 0 unspecified atom stereocenters. The number of hydrogen-bond donors (Lipinski definition) is 0. The minimum absolute atomic E-state index is 0.137. The van der Waals surface area contributed by atoms with Gasteiger partial charge in [-0.3, -0.25) is 0 Å². The van der Waals surface area contributed by atoms with E-state index in [-0.39, 0.29) is 5.69 Å². The molecule has 0 spiro atoms. The van der Waals surface area contributed by atoms with Crippen molar-refractivity contribution in [1.82, 2.24) is 0 Å². The highest BCUT2D eigenvalue weighted by Gasteiger charge is 2.00. The molecule has 0 heterocycles. The van der Waals surface area contributed by atoms with Crippen LogP contribution in [0.3, 0.4) is 0 Å². The van der Waals surface area contributed by atoms with Crippen molar-refractivity contribution in [3.63, 3.8) is 0 Å². The number of benzene rings is 1. The van der Waals surface area contributed by atoms with Gasteiger partial charge in [-0.05, 0) is 36.6 Å². The first kappa shape index (κ1) is 9.84. The van der Waals surface area contributed by atoms with Crippen molar-refractivity contribution < 1.29 is 4.39 Å². The molecule has 0 N–H and O–H groups in total. The largest absolute Gasteiger partial charge is 0.205 e. The molecule has 1 aromatic rings. The van der Waals surface area contributed by atoms with E-state index in [1.54, 1.807) is 6.07 Å². The predicted octanol–water partition coefficient (Wildman–Crippen LogP) is 3.29. The van der Waals surface area contributed by atoms with Gasteiger partial charge < -0.3 is 0 Å². The second-order valence-corrected chi connectivity index (χ2v) is 2.41. The predicted molar refractivity (Wildman–Crippen MR) is 55.8 cm³/mol. The van der Waals surface area contributed by atoms with Gasteiger partial charge in [-0.1, -0.05) is 0 Å². The van der Waals surface area contributed by atoms with Gasteiger partial charge in [0.2, 0.25) is 0 Å². The molecule has 1 rings (SSSR count). The van der Waals surface area contributed by atoms with Crippen LogP contribution in [0.1, 0.15) is 0 Å². The molecule has 0 saturated carbocycles. The molecule has 5 heteroatoms. The minimum atomic E-state index is -0.510. The second kappa shape index (κ2) is 4.70. The third-order valence-corrected chi connectivity index (χ3v) is 1.45. The van der Waals surface area contributed by atoms with E-state index >= 15 is 0 Å². The van der Waals surface area contributed by atoms with Crippen LogP contribution in [-0.4, -0.2) is 10.3 Å². The topological polar surface area (TPSA) is 24.7 Å². The van der Waals surface area contributed by atoms with E-state index in [1.165, 1.54) is 12.1 Å². The lowest BCUT2D eigenvalue weighted by molar-refractivity contribution is 0.630. The summed E-state index contributed by atoms with van der Waals surface area (Å²) in [5.41, 5.74) is 0.536. The van der Waals surface area contributed by atoms with Crippen LogP contribution in [0.15, 0.2) is 28.2 Å². The molecule has 0 aliphatic rings. The Balaban J connectivity index is 3.19. The van der Waals surface area contributed by atoms with Gasteiger partial charge in [0.05, 0.1) is 16.0 Å². The lowest BCUT2D eigenvalue weighted by Crippen LogP contribution is -1.74. The Labute approximate surface area is 84.8 Å². The average molecular weight is 210 g/mol. The van der Waals surface area contributed by atoms with Gasteiger partial charge in [0.15, 0.2) is 5.82 Å². The summed E-state index contributed by atoms with van der Waals surface area (Å²) in [5, 5.41) is 4.22. The molecule has 0 aliphatic carbocycles. The van der Waals surface area contributed by atoms with E-state index in [0.717, 1.165) is 0 Å². The quantitative estimate of drug-likeness (QED) is 0.552. The van der Waals surface area contributed by atoms with Crippen LogP contribution in [0.2, 0.25) is 0 Å². The highest BCUT2D eigenvalue weighted by atomic mass is 32.1. The number of isothiocyanates is 2. The van der Waals surface area contributed by atoms with Crippen LogP contribution in [0, 0.1) is 5.82 Å². The summed E-state index contributed by atoms with van der Waals surface area (Å²) in [5.74, 6) is -0.510. The standard InChI is InChI=1S/C8H3FN2S2/c9-7-3-6(10-4-12)1-2-8(7)11-5-13/h1-3H. The zero-order valence-electron chi connectivity index (χ0n) is 6.32. The van der Waals surface area contributed by atoms with Crippen molar-refractivity contribution in [2.24, 2.45) is 9.98 Å². The van der Waals surface area contributed by atoms with Crippen molar-refractivity contribution in [3.05, 3.63) is 24.0 Å². The van der Waals surface area contributed by atoms with Gasteiger partial charge in [-0.2, -0.15) is 9.98 Å². The molecule has 0 aromatic heterocycles. The van der Waals surface area contributed by atoms with Crippen LogP contribution in [0.25, 0.3) is 0 Å². The van der Waals surface area contributed by atoms with Crippen LogP contribution in [-0.2, 0) is 0 Å². The normalized spacial score (nSPS) is 8.38. The molecule has 64 valence electrons. The summed E-state index contributed by atoms with van der Waals surface area (Å²) in [6, 6.07) is 4.21. The Kier molecular flexibility index (Phi) is 3.55. The van der Waals surface area contributed by atoms with Crippen molar-refractivity contribution in [1.29, 1.82) is 0 Å². The van der Waals surface area contributed by atoms with Gasteiger partial charge in [0.25, 0.3) is 0 Å². The molecule has 0 bridgehead atoms. The van der Waals surface area contributed by atoms with Crippen LogP contribution in [0.5, 0.6) is 0 Å². The molecule has 0 aliphatic heterocycles. The highest BCUT2D eigenvalue weighted by molar-refractivity contribution is 7.78. The van der Waals surface area contributed by atoms with E-state index in [1.807, 2.05) is 0 Å². The molecular formula is C8H3FN2S2. The molecular weight excluding hydrogens is 207 g/mol. The maximum Gasteiger partial charge on any atom is 0.151 e. The number of rotatable bonds is 2. The fraction of sp³-hybridized carbons (Fsp3) is 0. The maximum atomic E-state index is 13.1. The Morgan fingerprint density at radius 3 is 2.38 bits per heavy atom. The van der Waals surface area contributed by atoms with Crippen LogP contribution < -0.4 is 0 Å². The molecule has 0 atom stereocenters. The summed E-state index contributed by atoms with van der Waals surface area (Å²) >= 11 is 8.71. The van der Waals surface area contributed by atoms with E-state index < -0.39 is 5.82 Å². The first-order valence-corrected chi connectivity index (χ1v) is 4.05. The van der Waals surface area contributed by atoms with E-state index in [0.29, 0.717) is 5.69 Å². The summed E-state index contributed by atoms with van der Waals surface area (Å²) in [6.07, 6.45) is 0. The first-order valence-electron chi connectivity index (χ1n) is 3.23. The third kappa shape index (κ3) is 2.61. The summed E-state index contributed by atoms with van der Waals surface area (Å²) < 4.78 is 13.1. The zero-order chi connectivity index (χ0) is 9.68. The lowest BCUT2D eigenvalue weighted by atomic mass is 10.3. The monoisotopic (exact) mass is 210 g/mol. The smallest absolute Gasteiger partial charge is 0.151 e. The highest BCUT2D eigenvalue weighted by Crippen LogP contribution is 2.22. The molecule has 13 heavy (non-hydrogen) atoms. The van der Waals surface area contributed by atoms with Crippen LogP contribution >= 0.6 is 24.4 Å². The maximum absolute atomic E-state index is 13.1. The fourth-order valence-corrected chi connectivity index (χ4v) is 0.962. The second-order valence-electron chi connectivity index (χ2n) is 2.04. The van der Waals surface area contributed by atoms with Crippen molar-refractivity contribution in [2.45, 2.75) is 0 Å².